The maximum Gasteiger partial charge on any atom is 0.138 e. The molecule has 21 heavy (non-hydrogen) atoms. The first-order valence-corrected chi connectivity index (χ1v) is 6.95. The normalized spacial score (nSPS) is 12.5. The van der Waals surface area contributed by atoms with Crippen LogP contribution < -0.4 is 4.74 Å². The van der Waals surface area contributed by atoms with Crippen LogP contribution in [0.4, 0.5) is 0 Å². The molecule has 5 nitrogen and oxygen atoms in total. The van der Waals surface area contributed by atoms with Crippen molar-refractivity contribution >= 4 is 22.6 Å². The molecule has 0 aliphatic carbocycles. The first-order chi connectivity index (χ1) is 10.2. The molecule has 108 valence electrons. The number of hydrogen-bond donors (Lipinski definition) is 1. The van der Waals surface area contributed by atoms with Crippen LogP contribution in [-0.4, -0.2) is 32.8 Å². The first-order valence-electron chi connectivity index (χ1n) is 6.57. The molecule has 0 saturated heterocycles. The van der Waals surface area contributed by atoms with Crippen LogP contribution in [0, 0.1) is 0 Å². The van der Waals surface area contributed by atoms with E-state index in [0.29, 0.717) is 17.3 Å². The second-order valence-electron chi connectivity index (χ2n) is 4.66. The molecule has 1 unspecified atom stereocenters. The van der Waals surface area contributed by atoms with E-state index in [1.54, 1.807) is 16.8 Å². The summed E-state index contributed by atoms with van der Waals surface area (Å²) in [6.45, 7) is 0.447. The van der Waals surface area contributed by atoms with Gasteiger partial charge < -0.3 is 9.84 Å². The molecule has 2 aromatic carbocycles. The zero-order valence-electron chi connectivity index (χ0n) is 11.2. The lowest BCUT2D eigenvalue weighted by Crippen LogP contribution is -2.24. The SMILES string of the molecule is OC(COc1ccccc1Cl)Cn1nnc2ccccc21. The molecule has 6 heteroatoms. The highest BCUT2D eigenvalue weighted by atomic mass is 35.5. The van der Waals surface area contributed by atoms with E-state index >= 15 is 0 Å². The van der Waals surface area contributed by atoms with Crippen molar-refractivity contribution in [1.82, 2.24) is 15.0 Å². The molecule has 0 radical (unpaired) electrons. The number of rotatable bonds is 5. The average molecular weight is 304 g/mol. The van der Waals surface area contributed by atoms with Gasteiger partial charge in [0.1, 0.15) is 24.0 Å². The standard InChI is InChI=1S/C15H14ClN3O2/c16-12-5-1-4-8-15(12)21-10-11(20)9-19-14-7-3-2-6-13(14)17-18-19/h1-8,11,20H,9-10H2. The van der Waals surface area contributed by atoms with Gasteiger partial charge in [-0.1, -0.05) is 41.1 Å². The summed E-state index contributed by atoms with van der Waals surface area (Å²) in [4.78, 5) is 0. The molecule has 0 spiro atoms. The third kappa shape index (κ3) is 3.15. The summed E-state index contributed by atoms with van der Waals surface area (Å²) in [5.41, 5.74) is 1.69. The van der Waals surface area contributed by atoms with Gasteiger partial charge in [-0.25, -0.2) is 4.68 Å². The number of ether oxygens (including phenoxy) is 1. The third-order valence-corrected chi connectivity index (χ3v) is 3.38. The second-order valence-corrected chi connectivity index (χ2v) is 5.06. The van der Waals surface area contributed by atoms with E-state index in [4.69, 9.17) is 16.3 Å². The lowest BCUT2D eigenvalue weighted by molar-refractivity contribution is 0.0900. The molecule has 0 aliphatic heterocycles. The van der Waals surface area contributed by atoms with Crippen LogP contribution in [0.3, 0.4) is 0 Å². The van der Waals surface area contributed by atoms with Crippen LogP contribution in [0.2, 0.25) is 5.02 Å². The lowest BCUT2D eigenvalue weighted by Gasteiger charge is -2.13. The van der Waals surface area contributed by atoms with Crippen molar-refractivity contribution in [2.75, 3.05) is 6.61 Å². The lowest BCUT2D eigenvalue weighted by atomic mass is 10.3. The van der Waals surface area contributed by atoms with Crippen LogP contribution in [0.15, 0.2) is 48.5 Å². The number of benzene rings is 2. The number of para-hydroxylation sites is 2. The Morgan fingerprint density at radius 3 is 2.76 bits per heavy atom. The van der Waals surface area contributed by atoms with Gasteiger partial charge in [0, 0.05) is 0 Å². The van der Waals surface area contributed by atoms with Crippen molar-refractivity contribution in [3.05, 3.63) is 53.6 Å². The Morgan fingerprint density at radius 2 is 1.90 bits per heavy atom. The molecule has 0 fully saturated rings. The van der Waals surface area contributed by atoms with Crippen molar-refractivity contribution in [2.45, 2.75) is 12.6 Å². The number of halogens is 1. The van der Waals surface area contributed by atoms with E-state index in [1.807, 2.05) is 36.4 Å². The largest absolute Gasteiger partial charge is 0.489 e. The van der Waals surface area contributed by atoms with Crippen molar-refractivity contribution in [3.8, 4) is 5.75 Å². The van der Waals surface area contributed by atoms with Gasteiger partial charge in [0.2, 0.25) is 0 Å². The Hall–Kier alpha value is -2.11. The zero-order valence-corrected chi connectivity index (χ0v) is 11.9. The molecule has 0 aliphatic rings. The highest BCUT2D eigenvalue weighted by Gasteiger charge is 2.11. The van der Waals surface area contributed by atoms with Crippen LogP contribution in [-0.2, 0) is 6.54 Å². The van der Waals surface area contributed by atoms with Gasteiger partial charge >= 0.3 is 0 Å². The molecule has 1 aromatic heterocycles. The second kappa shape index (κ2) is 6.11. The third-order valence-electron chi connectivity index (χ3n) is 3.07. The zero-order chi connectivity index (χ0) is 14.7. The number of aliphatic hydroxyl groups excluding tert-OH is 1. The summed E-state index contributed by atoms with van der Waals surface area (Å²) in [7, 11) is 0. The molecule has 3 rings (SSSR count). The van der Waals surface area contributed by atoms with E-state index in [-0.39, 0.29) is 6.61 Å². The fourth-order valence-corrected chi connectivity index (χ4v) is 2.24. The van der Waals surface area contributed by atoms with Gasteiger partial charge in [0.15, 0.2) is 0 Å². The minimum absolute atomic E-state index is 0.137. The minimum Gasteiger partial charge on any atom is -0.489 e. The van der Waals surface area contributed by atoms with Gasteiger partial charge in [0.25, 0.3) is 0 Å². The summed E-state index contributed by atoms with van der Waals surface area (Å²) in [5, 5.41) is 18.7. The van der Waals surface area contributed by atoms with Gasteiger partial charge in [-0.15, -0.1) is 5.10 Å². The molecule has 0 saturated carbocycles. The predicted molar refractivity (Wildman–Crippen MR) is 80.5 cm³/mol. The highest BCUT2D eigenvalue weighted by molar-refractivity contribution is 6.32. The number of hydrogen-bond acceptors (Lipinski definition) is 4. The van der Waals surface area contributed by atoms with Crippen molar-refractivity contribution in [1.29, 1.82) is 0 Å². The van der Waals surface area contributed by atoms with Crippen LogP contribution in [0.5, 0.6) is 5.75 Å². The predicted octanol–water partition coefficient (Wildman–Crippen LogP) is 2.52. The Kier molecular flexibility index (Phi) is 4.03. The van der Waals surface area contributed by atoms with E-state index in [9.17, 15) is 5.11 Å². The van der Waals surface area contributed by atoms with E-state index in [2.05, 4.69) is 10.3 Å². The van der Waals surface area contributed by atoms with Crippen LogP contribution in [0.25, 0.3) is 11.0 Å². The monoisotopic (exact) mass is 303 g/mol. The first kappa shape index (κ1) is 13.9. The molecule has 1 heterocycles. The van der Waals surface area contributed by atoms with Crippen molar-refractivity contribution in [3.63, 3.8) is 0 Å². The highest BCUT2D eigenvalue weighted by Crippen LogP contribution is 2.23. The molecule has 1 atom stereocenters. The molecule has 0 amide bonds. The molecule has 3 aromatic rings. The smallest absolute Gasteiger partial charge is 0.138 e. The fourth-order valence-electron chi connectivity index (χ4n) is 2.05. The van der Waals surface area contributed by atoms with E-state index in [0.717, 1.165) is 11.0 Å². The van der Waals surface area contributed by atoms with Gasteiger partial charge in [-0.05, 0) is 24.3 Å². The topological polar surface area (TPSA) is 60.2 Å². The molecular formula is C15H14ClN3O2. The van der Waals surface area contributed by atoms with Gasteiger partial charge in [-0.3, -0.25) is 0 Å². The van der Waals surface area contributed by atoms with E-state index < -0.39 is 6.10 Å². The fraction of sp³-hybridized carbons (Fsp3) is 0.200. The Labute approximate surface area is 126 Å². The number of aliphatic hydroxyl groups is 1. The summed E-state index contributed by atoms with van der Waals surface area (Å²) in [6, 6.07) is 14.8. The quantitative estimate of drug-likeness (QED) is 0.787. The molecule has 0 bridgehead atoms. The molecular weight excluding hydrogens is 290 g/mol. The summed E-state index contributed by atoms with van der Waals surface area (Å²) in [5.74, 6) is 0.557. The van der Waals surface area contributed by atoms with Crippen molar-refractivity contribution < 1.29 is 9.84 Å². The molecule has 1 N–H and O–H groups in total. The average Bonchev–Trinajstić information content (AvgIpc) is 2.90. The van der Waals surface area contributed by atoms with Gasteiger partial charge in [-0.2, -0.15) is 0 Å². The Bertz CT molecular complexity index is 744. The van der Waals surface area contributed by atoms with Crippen LogP contribution in [0.1, 0.15) is 0 Å². The van der Waals surface area contributed by atoms with E-state index in [1.165, 1.54) is 0 Å². The van der Waals surface area contributed by atoms with Gasteiger partial charge in [0.05, 0.1) is 17.1 Å². The summed E-state index contributed by atoms with van der Waals surface area (Å²) >= 11 is 5.99. The Balaban J connectivity index is 1.64. The maximum absolute atomic E-state index is 10.1. The maximum atomic E-state index is 10.1. The number of aromatic nitrogens is 3. The minimum atomic E-state index is -0.702. The summed E-state index contributed by atoms with van der Waals surface area (Å²) in [6.07, 6.45) is -0.702. The Morgan fingerprint density at radius 1 is 1.14 bits per heavy atom. The number of nitrogens with zero attached hydrogens (tertiary/aromatic N) is 3. The van der Waals surface area contributed by atoms with Crippen molar-refractivity contribution in [2.24, 2.45) is 0 Å². The number of fused-ring (bicyclic) bond motifs is 1. The van der Waals surface area contributed by atoms with Crippen LogP contribution >= 0.6 is 11.6 Å². The summed E-state index contributed by atoms with van der Waals surface area (Å²) < 4.78 is 7.18.